The molecule has 0 saturated heterocycles. The van der Waals surface area contributed by atoms with Crippen molar-refractivity contribution < 1.29 is 8.78 Å². The minimum Gasteiger partial charge on any atom is -0.233 e. The van der Waals surface area contributed by atoms with Gasteiger partial charge in [-0.3, -0.25) is 0 Å². The molecule has 1 aliphatic heterocycles. The average Bonchev–Trinajstić information content (AvgIpc) is 2.12. The van der Waals surface area contributed by atoms with Gasteiger partial charge < -0.3 is 0 Å². The molecule has 0 atom stereocenters. The molecule has 2 radical (unpaired) electrons. The number of halogens is 2. The lowest BCUT2D eigenvalue weighted by Crippen LogP contribution is -1.91. The van der Waals surface area contributed by atoms with Crippen LogP contribution in [0.2, 0.25) is 0 Å². The monoisotopic (exact) mass is 116 g/mol. The molecule has 8 heavy (non-hydrogen) atoms. The Hall–Kier alpha value is -0.930. The van der Waals surface area contributed by atoms with Gasteiger partial charge in [0.05, 0.1) is 0 Å². The van der Waals surface area contributed by atoms with Gasteiger partial charge in [0.25, 0.3) is 6.43 Å². The number of alkyl halides is 2. The zero-order chi connectivity index (χ0) is 5.98. The molecule has 1 heterocycles. The molecule has 4 heteroatoms. The van der Waals surface area contributed by atoms with Gasteiger partial charge in [0.1, 0.15) is 18.2 Å². The largest absolute Gasteiger partial charge is 0.282 e. The first-order valence-corrected chi connectivity index (χ1v) is 1.94. The van der Waals surface area contributed by atoms with E-state index in [0.29, 0.717) is 0 Å². The van der Waals surface area contributed by atoms with Gasteiger partial charge in [-0.15, -0.1) is 0 Å². The molecular weight excluding hydrogens is 114 g/mol. The molecule has 0 aromatic heterocycles. The summed E-state index contributed by atoms with van der Waals surface area (Å²) in [6, 6.07) is 0. The van der Waals surface area contributed by atoms with Gasteiger partial charge in [-0.1, -0.05) is 0 Å². The molecule has 1 rings (SSSR count). The van der Waals surface area contributed by atoms with Gasteiger partial charge in [-0.05, 0) is 0 Å². The highest BCUT2D eigenvalue weighted by molar-refractivity contribution is 5.59. The van der Waals surface area contributed by atoms with E-state index in [1.54, 1.807) is 0 Å². The number of hydrogen-bond donors (Lipinski definition) is 0. The second-order valence-corrected chi connectivity index (χ2v) is 1.17. The third kappa shape index (κ3) is 0.828. The van der Waals surface area contributed by atoms with Crippen LogP contribution in [0.1, 0.15) is 0 Å². The molecule has 0 aliphatic carbocycles. The van der Waals surface area contributed by atoms with E-state index in [9.17, 15) is 8.78 Å². The highest BCUT2D eigenvalue weighted by Gasteiger charge is 2.12. The molecule has 0 saturated carbocycles. The Labute approximate surface area is 44.9 Å². The third-order valence-electron chi connectivity index (χ3n) is 0.640. The van der Waals surface area contributed by atoms with Crippen LogP contribution in [0, 0.1) is 6.20 Å². The summed E-state index contributed by atoms with van der Waals surface area (Å²) in [4.78, 5) is 3.20. The Morgan fingerprint density at radius 2 is 2.38 bits per heavy atom. The van der Waals surface area contributed by atoms with Crippen molar-refractivity contribution in [2.45, 2.75) is 6.43 Å². The van der Waals surface area contributed by atoms with E-state index in [0.717, 1.165) is 6.34 Å². The number of allylic oxidation sites excluding steroid dienone is 1. The maximum absolute atomic E-state index is 11.5. The predicted octanol–water partition coefficient (Wildman–Crippen LogP) is 0.542. The molecule has 0 fully saturated rings. The van der Waals surface area contributed by atoms with Crippen LogP contribution in [0.15, 0.2) is 10.7 Å². The number of rotatable bonds is 1. The van der Waals surface area contributed by atoms with E-state index in [4.69, 9.17) is 0 Å². The lowest BCUT2D eigenvalue weighted by molar-refractivity contribution is 0.188. The quantitative estimate of drug-likeness (QED) is 0.478. The first-order chi connectivity index (χ1) is 3.80. The van der Waals surface area contributed by atoms with Crippen LogP contribution in [0.4, 0.5) is 8.78 Å². The molecule has 0 amide bonds. The fraction of sp³-hybridized carbons (Fsp3) is 0.250. The van der Waals surface area contributed by atoms with Crippen LogP contribution in [0.25, 0.3) is 0 Å². The van der Waals surface area contributed by atoms with Crippen LogP contribution in [0.5, 0.6) is 0 Å². The molecule has 0 N–H and O–H groups in total. The van der Waals surface area contributed by atoms with Crippen molar-refractivity contribution in [1.82, 2.24) is 5.32 Å². The van der Waals surface area contributed by atoms with Crippen LogP contribution >= 0.6 is 0 Å². The maximum atomic E-state index is 11.5. The molecule has 42 valence electrons. The highest BCUT2D eigenvalue weighted by Crippen LogP contribution is 2.09. The van der Waals surface area contributed by atoms with Gasteiger partial charge in [-0.2, -0.15) is 0 Å². The Morgan fingerprint density at radius 3 is 2.62 bits per heavy atom. The van der Waals surface area contributed by atoms with Crippen molar-refractivity contribution in [3.8, 4) is 0 Å². The zero-order valence-electron chi connectivity index (χ0n) is 3.81. The molecule has 0 bridgehead atoms. The Morgan fingerprint density at radius 1 is 1.62 bits per heavy atom. The topological polar surface area (TPSA) is 26.5 Å². The summed E-state index contributed by atoms with van der Waals surface area (Å²) >= 11 is 0. The highest BCUT2D eigenvalue weighted by atomic mass is 19.3. The van der Waals surface area contributed by atoms with Crippen molar-refractivity contribution in [2.24, 2.45) is 4.99 Å². The summed E-state index contributed by atoms with van der Waals surface area (Å²) in [6.45, 7) is 0. The van der Waals surface area contributed by atoms with Crippen LogP contribution in [0.3, 0.4) is 0 Å². The van der Waals surface area contributed by atoms with Gasteiger partial charge in [0.2, 0.25) is 0 Å². The standard InChI is InChI=1S/C4H2F2N2/c5-4(6)3-1-7-2-8-3/h2,4H. The SMILES string of the molecule is FC(F)C1=[C][N]C=N1. The molecule has 0 unspecified atom stereocenters. The Balaban J connectivity index is 2.58. The van der Waals surface area contributed by atoms with Gasteiger partial charge in [-0.25, -0.2) is 19.1 Å². The molecular formula is C4H2F2N2. The first-order valence-electron chi connectivity index (χ1n) is 1.94. The number of hydrogen-bond acceptors (Lipinski definition) is 1. The van der Waals surface area contributed by atoms with E-state index >= 15 is 0 Å². The summed E-state index contributed by atoms with van der Waals surface area (Å²) in [5.74, 6) is 0. The Kier molecular flexibility index (Phi) is 1.24. The van der Waals surface area contributed by atoms with Crippen LogP contribution in [-0.4, -0.2) is 12.8 Å². The first kappa shape index (κ1) is 5.21. The van der Waals surface area contributed by atoms with Crippen molar-refractivity contribution >= 4 is 6.34 Å². The van der Waals surface area contributed by atoms with Crippen molar-refractivity contribution in [2.75, 3.05) is 0 Å². The van der Waals surface area contributed by atoms with Crippen molar-refractivity contribution in [3.05, 3.63) is 11.9 Å². The van der Waals surface area contributed by atoms with Crippen molar-refractivity contribution in [3.63, 3.8) is 0 Å². The zero-order valence-corrected chi connectivity index (χ0v) is 3.81. The summed E-state index contributed by atoms with van der Waals surface area (Å²) in [7, 11) is 0. The van der Waals surface area contributed by atoms with Gasteiger partial charge >= 0.3 is 0 Å². The smallest absolute Gasteiger partial charge is 0.233 e. The molecule has 0 spiro atoms. The van der Waals surface area contributed by atoms with E-state index in [2.05, 4.69) is 10.3 Å². The summed E-state index contributed by atoms with van der Waals surface area (Å²) in [5, 5.41) is 3.23. The minimum atomic E-state index is -2.54. The Bertz CT molecular complexity index is 139. The summed E-state index contributed by atoms with van der Waals surface area (Å²) in [5.41, 5.74) is -0.384. The molecule has 1 aliphatic rings. The number of aliphatic imine (C=N–C) groups is 1. The number of nitrogens with zero attached hydrogens (tertiary/aromatic N) is 2. The van der Waals surface area contributed by atoms with E-state index in [-0.39, 0.29) is 5.70 Å². The molecule has 0 aromatic rings. The summed E-state index contributed by atoms with van der Waals surface area (Å²) < 4.78 is 22.9. The fourth-order valence-electron chi connectivity index (χ4n) is 0.320. The van der Waals surface area contributed by atoms with Crippen molar-refractivity contribution in [1.29, 1.82) is 0 Å². The maximum Gasteiger partial charge on any atom is 0.282 e. The van der Waals surface area contributed by atoms with E-state index in [1.807, 2.05) is 6.20 Å². The lowest BCUT2D eigenvalue weighted by atomic mass is 10.5. The fourth-order valence-corrected chi connectivity index (χ4v) is 0.320. The second-order valence-electron chi connectivity index (χ2n) is 1.17. The van der Waals surface area contributed by atoms with Crippen LogP contribution in [-0.2, 0) is 0 Å². The molecule has 2 nitrogen and oxygen atoms in total. The lowest BCUT2D eigenvalue weighted by Gasteiger charge is -1.88. The third-order valence-corrected chi connectivity index (χ3v) is 0.640. The summed E-state index contributed by atoms with van der Waals surface area (Å²) in [6.07, 6.45) is 0.525. The van der Waals surface area contributed by atoms with Gasteiger partial charge in [0, 0.05) is 0 Å². The normalized spacial score (nSPS) is 16.6. The van der Waals surface area contributed by atoms with E-state index in [1.165, 1.54) is 0 Å². The van der Waals surface area contributed by atoms with Gasteiger partial charge in [0.15, 0.2) is 0 Å². The van der Waals surface area contributed by atoms with Crippen LogP contribution < -0.4 is 5.32 Å². The molecule has 0 aromatic carbocycles. The minimum absolute atomic E-state index is 0.384. The second kappa shape index (κ2) is 1.90. The predicted molar refractivity (Wildman–Crippen MR) is 23.4 cm³/mol. The van der Waals surface area contributed by atoms with E-state index < -0.39 is 6.43 Å². The average molecular weight is 116 g/mol.